The minimum absolute atomic E-state index is 0.166. The topological polar surface area (TPSA) is 24.4 Å². The van der Waals surface area contributed by atoms with Gasteiger partial charge in [0.05, 0.1) is 6.34 Å². The molecule has 0 radical (unpaired) electrons. The number of hydrogen-bond donors (Lipinski definition) is 1. The van der Waals surface area contributed by atoms with E-state index in [0.717, 1.165) is 0 Å². The smallest absolute Gasteiger partial charge is 0.145 e. The highest BCUT2D eigenvalue weighted by molar-refractivity contribution is 6.22. The van der Waals surface area contributed by atoms with Gasteiger partial charge in [-0.15, -0.1) is 0 Å². The third-order valence-corrected chi connectivity index (χ3v) is 0.901. The third kappa shape index (κ3) is 1.20. The molecule has 0 fully saturated rings. The zero-order valence-electron chi connectivity index (χ0n) is 3.63. The minimum Gasteiger partial charge on any atom is -0.353 e. The van der Waals surface area contributed by atoms with E-state index >= 15 is 0 Å². The SMILES string of the molecule is ClC1C=CNC=N1. The second-order valence-electron chi connectivity index (χ2n) is 1.18. The van der Waals surface area contributed by atoms with Crippen LogP contribution in [0.5, 0.6) is 0 Å². The van der Waals surface area contributed by atoms with Crippen LogP contribution >= 0.6 is 11.6 Å². The molecule has 0 bridgehead atoms. The van der Waals surface area contributed by atoms with Crippen LogP contribution in [0.3, 0.4) is 0 Å². The van der Waals surface area contributed by atoms with Gasteiger partial charge in [-0.3, -0.25) is 4.99 Å². The van der Waals surface area contributed by atoms with Crippen molar-refractivity contribution < 1.29 is 0 Å². The Morgan fingerprint density at radius 2 is 2.57 bits per heavy atom. The van der Waals surface area contributed by atoms with Gasteiger partial charge in [0.1, 0.15) is 5.50 Å². The van der Waals surface area contributed by atoms with Gasteiger partial charge < -0.3 is 5.32 Å². The van der Waals surface area contributed by atoms with Crippen LogP contribution in [0.4, 0.5) is 0 Å². The highest BCUT2D eigenvalue weighted by atomic mass is 35.5. The Bertz CT molecular complexity index is 96.3. The molecule has 0 aromatic heterocycles. The Hall–Kier alpha value is -0.500. The van der Waals surface area contributed by atoms with Gasteiger partial charge in [-0.1, -0.05) is 11.6 Å². The van der Waals surface area contributed by atoms with Gasteiger partial charge in [0.25, 0.3) is 0 Å². The van der Waals surface area contributed by atoms with E-state index in [1.54, 1.807) is 18.6 Å². The fraction of sp³-hybridized carbons (Fsp3) is 0.250. The van der Waals surface area contributed by atoms with E-state index in [4.69, 9.17) is 11.6 Å². The molecule has 1 atom stereocenters. The van der Waals surface area contributed by atoms with Gasteiger partial charge in [-0.25, -0.2) is 0 Å². The molecular formula is C4H5ClN2. The largest absolute Gasteiger partial charge is 0.353 e. The first kappa shape index (κ1) is 4.65. The van der Waals surface area contributed by atoms with Crippen molar-refractivity contribution in [1.29, 1.82) is 0 Å². The molecule has 1 heterocycles. The van der Waals surface area contributed by atoms with Crippen LogP contribution in [0, 0.1) is 0 Å². The van der Waals surface area contributed by atoms with Crippen LogP contribution < -0.4 is 5.32 Å². The average molecular weight is 117 g/mol. The first-order valence-electron chi connectivity index (χ1n) is 1.98. The Morgan fingerprint density at radius 3 is 2.86 bits per heavy atom. The first-order chi connectivity index (χ1) is 3.39. The molecule has 0 spiro atoms. The Kier molecular flexibility index (Phi) is 1.32. The molecule has 1 N–H and O–H groups in total. The van der Waals surface area contributed by atoms with Crippen LogP contribution in [0.1, 0.15) is 0 Å². The summed E-state index contributed by atoms with van der Waals surface area (Å²) in [5.74, 6) is 0. The van der Waals surface area contributed by atoms with Crippen molar-refractivity contribution in [2.24, 2.45) is 4.99 Å². The number of hydrogen-bond acceptors (Lipinski definition) is 2. The summed E-state index contributed by atoms with van der Waals surface area (Å²) in [5.41, 5.74) is -0.166. The summed E-state index contributed by atoms with van der Waals surface area (Å²) in [7, 11) is 0. The monoisotopic (exact) mass is 116 g/mol. The number of aliphatic imine (C=N–C) groups is 1. The standard InChI is InChI=1S/C4H5ClN2/c5-4-1-2-6-3-7-4/h1-4H,(H,6,7). The van der Waals surface area contributed by atoms with E-state index in [0.29, 0.717) is 0 Å². The molecule has 1 aliphatic rings. The number of alkyl halides is 1. The van der Waals surface area contributed by atoms with Crippen molar-refractivity contribution in [2.75, 3.05) is 0 Å². The molecular weight excluding hydrogens is 112 g/mol. The number of halogens is 1. The number of nitrogens with zero attached hydrogens (tertiary/aromatic N) is 1. The summed E-state index contributed by atoms with van der Waals surface area (Å²) in [5, 5.41) is 2.76. The number of rotatable bonds is 0. The van der Waals surface area contributed by atoms with Gasteiger partial charge in [0.2, 0.25) is 0 Å². The second kappa shape index (κ2) is 1.98. The third-order valence-electron chi connectivity index (χ3n) is 0.643. The van der Waals surface area contributed by atoms with Crippen LogP contribution in [0.25, 0.3) is 0 Å². The second-order valence-corrected chi connectivity index (χ2v) is 1.62. The molecule has 0 saturated heterocycles. The summed E-state index contributed by atoms with van der Waals surface area (Å²) in [6.07, 6.45) is 5.09. The Morgan fingerprint density at radius 1 is 1.71 bits per heavy atom. The van der Waals surface area contributed by atoms with Gasteiger partial charge >= 0.3 is 0 Å². The highest BCUT2D eigenvalue weighted by Crippen LogP contribution is 1.98. The lowest BCUT2D eigenvalue weighted by molar-refractivity contribution is 1.07. The fourth-order valence-electron chi connectivity index (χ4n) is 0.342. The van der Waals surface area contributed by atoms with Crippen LogP contribution in [0.2, 0.25) is 0 Å². The van der Waals surface area contributed by atoms with Crippen LogP contribution in [-0.4, -0.2) is 11.8 Å². The quantitative estimate of drug-likeness (QED) is 0.366. The molecule has 1 aliphatic heterocycles. The van der Waals surface area contributed by atoms with E-state index < -0.39 is 0 Å². The van der Waals surface area contributed by atoms with Crippen molar-refractivity contribution >= 4 is 17.9 Å². The van der Waals surface area contributed by atoms with E-state index in [9.17, 15) is 0 Å². The highest BCUT2D eigenvalue weighted by Gasteiger charge is 1.93. The van der Waals surface area contributed by atoms with E-state index in [1.807, 2.05) is 0 Å². The maximum atomic E-state index is 5.49. The molecule has 1 unspecified atom stereocenters. The van der Waals surface area contributed by atoms with Crippen LogP contribution in [-0.2, 0) is 0 Å². The van der Waals surface area contributed by atoms with E-state index in [1.165, 1.54) is 0 Å². The fourth-order valence-corrected chi connectivity index (χ4v) is 0.471. The first-order valence-corrected chi connectivity index (χ1v) is 2.42. The molecule has 0 aliphatic carbocycles. The van der Waals surface area contributed by atoms with Crippen LogP contribution in [0.15, 0.2) is 17.3 Å². The molecule has 0 saturated carbocycles. The van der Waals surface area contributed by atoms with Crippen molar-refractivity contribution in [2.45, 2.75) is 5.50 Å². The lowest BCUT2D eigenvalue weighted by atomic mass is 10.6. The molecule has 0 aromatic rings. The predicted octanol–water partition coefficient (Wildman–Crippen LogP) is 0.696. The van der Waals surface area contributed by atoms with Gasteiger partial charge in [0, 0.05) is 6.20 Å². The summed E-state index contributed by atoms with van der Waals surface area (Å²) in [4.78, 5) is 3.77. The zero-order valence-corrected chi connectivity index (χ0v) is 4.39. The normalized spacial score (nSPS) is 27.3. The van der Waals surface area contributed by atoms with Crippen molar-refractivity contribution in [1.82, 2.24) is 5.32 Å². The lowest BCUT2D eigenvalue weighted by Gasteiger charge is -1.99. The Balaban J connectivity index is 2.49. The van der Waals surface area contributed by atoms with Gasteiger partial charge in [-0.05, 0) is 6.08 Å². The molecule has 0 amide bonds. The molecule has 1 rings (SSSR count). The molecule has 3 heteroatoms. The number of nitrogens with one attached hydrogen (secondary N) is 1. The molecule has 7 heavy (non-hydrogen) atoms. The van der Waals surface area contributed by atoms with Crippen molar-refractivity contribution in [3.8, 4) is 0 Å². The minimum atomic E-state index is -0.166. The summed E-state index contributed by atoms with van der Waals surface area (Å²) < 4.78 is 0. The lowest BCUT2D eigenvalue weighted by Crippen LogP contribution is -2.08. The summed E-state index contributed by atoms with van der Waals surface area (Å²) in [6.45, 7) is 0. The van der Waals surface area contributed by atoms with E-state index in [-0.39, 0.29) is 5.50 Å². The molecule has 0 aromatic carbocycles. The Labute approximate surface area is 46.9 Å². The predicted molar refractivity (Wildman–Crippen MR) is 30.4 cm³/mol. The summed E-state index contributed by atoms with van der Waals surface area (Å²) in [6, 6.07) is 0. The van der Waals surface area contributed by atoms with Crippen molar-refractivity contribution in [3.63, 3.8) is 0 Å². The van der Waals surface area contributed by atoms with E-state index in [2.05, 4.69) is 10.3 Å². The average Bonchev–Trinajstić information content (AvgIpc) is 1.69. The molecule has 2 nitrogen and oxygen atoms in total. The molecule has 38 valence electrons. The maximum Gasteiger partial charge on any atom is 0.145 e. The maximum absolute atomic E-state index is 5.49. The van der Waals surface area contributed by atoms with Gasteiger partial charge in [0.15, 0.2) is 0 Å². The van der Waals surface area contributed by atoms with Crippen molar-refractivity contribution in [3.05, 3.63) is 12.3 Å². The zero-order chi connectivity index (χ0) is 5.11. The summed E-state index contributed by atoms with van der Waals surface area (Å²) >= 11 is 5.49. The van der Waals surface area contributed by atoms with Gasteiger partial charge in [-0.2, -0.15) is 0 Å².